The minimum atomic E-state index is -0.0996. The van der Waals surface area contributed by atoms with E-state index in [4.69, 9.17) is 4.52 Å². The van der Waals surface area contributed by atoms with Gasteiger partial charge in [0.05, 0.1) is 18.3 Å². The maximum absolute atomic E-state index is 12.2. The molecule has 1 atom stereocenters. The summed E-state index contributed by atoms with van der Waals surface area (Å²) in [6.45, 7) is 2.09. The van der Waals surface area contributed by atoms with Gasteiger partial charge in [-0.25, -0.2) is 0 Å². The topological polar surface area (TPSA) is 71.3 Å². The maximum atomic E-state index is 12.2. The number of aromatic nitrogens is 2. The Kier molecular flexibility index (Phi) is 4.20. The SMILES string of the molecule is Cc1cc(NC(=O)CN(C)C(c2ccccn2)C2CC2)no1. The van der Waals surface area contributed by atoms with Crippen LogP contribution in [0.5, 0.6) is 0 Å². The number of anilines is 1. The highest BCUT2D eigenvalue weighted by molar-refractivity contribution is 5.91. The summed E-state index contributed by atoms with van der Waals surface area (Å²) in [4.78, 5) is 18.7. The molecule has 2 aromatic heterocycles. The highest BCUT2D eigenvalue weighted by Crippen LogP contribution is 2.43. The maximum Gasteiger partial charge on any atom is 0.239 e. The Bertz CT molecular complexity index is 637. The van der Waals surface area contributed by atoms with Crippen LogP contribution in [0, 0.1) is 12.8 Å². The number of carbonyl (C=O) groups excluding carboxylic acids is 1. The number of hydrogen-bond donors (Lipinski definition) is 1. The first kappa shape index (κ1) is 14.7. The van der Waals surface area contributed by atoms with E-state index >= 15 is 0 Å². The summed E-state index contributed by atoms with van der Waals surface area (Å²) in [5.41, 5.74) is 1.03. The zero-order chi connectivity index (χ0) is 15.5. The number of pyridine rings is 1. The van der Waals surface area contributed by atoms with Crippen LogP contribution in [0.15, 0.2) is 35.0 Å². The van der Waals surface area contributed by atoms with Crippen molar-refractivity contribution in [2.45, 2.75) is 25.8 Å². The summed E-state index contributed by atoms with van der Waals surface area (Å²) in [5.74, 6) is 1.61. The predicted octanol–water partition coefficient (Wildman–Crippen LogP) is 2.40. The Balaban J connectivity index is 1.64. The number of aryl methyl sites for hydroxylation is 1. The zero-order valence-electron chi connectivity index (χ0n) is 12.8. The summed E-state index contributed by atoms with van der Waals surface area (Å²) in [6.07, 6.45) is 4.18. The molecule has 2 aromatic rings. The molecule has 1 saturated carbocycles. The monoisotopic (exact) mass is 300 g/mol. The molecule has 1 unspecified atom stereocenters. The van der Waals surface area contributed by atoms with Gasteiger partial charge >= 0.3 is 0 Å². The number of nitrogens with one attached hydrogen (secondary N) is 1. The molecule has 1 N–H and O–H groups in total. The van der Waals surface area contributed by atoms with Crippen molar-refractivity contribution in [1.82, 2.24) is 15.0 Å². The average molecular weight is 300 g/mol. The van der Waals surface area contributed by atoms with Crippen LogP contribution in [-0.4, -0.2) is 34.5 Å². The van der Waals surface area contributed by atoms with Crippen molar-refractivity contribution >= 4 is 11.7 Å². The van der Waals surface area contributed by atoms with Crippen LogP contribution in [0.25, 0.3) is 0 Å². The van der Waals surface area contributed by atoms with E-state index in [9.17, 15) is 4.79 Å². The first-order valence-corrected chi connectivity index (χ1v) is 7.48. The van der Waals surface area contributed by atoms with Crippen molar-refractivity contribution in [2.24, 2.45) is 5.92 Å². The molecule has 1 amide bonds. The van der Waals surface area contributed by atoms with Crippen LogP contribution in [0.4, 0.5) is 5.82 Å². The molecule has 0 saturated heterocycles. The van der Waals surface area contributed by atoms with E-state index in [2.05, 4.69) is 20.4 Å². The summed E-state index contributed by atoms with van der Waals surface area (Å²) in [7, 11) is 1.96. The Labute approximate surface area is 129 Å². The van der Waals surface area contributed by atoms with E-state index in [-0.39, 0.29) is 11.9 Å². The molecule has 22 heavy (non-hydrogen) atoms. The molecule has 6 nitrogen and oxygen atoms in total. The van der Waals surface area contributed by atoms with Gasteiger partial charge in [0.2, 0.25) is 5.91 Å². The fraction of sp³-hybridized carbons (Fsp3) is 0.438. The highest BCUT2D eigenvalue weighted by atomic mass is 16.5. The molecule has 0 aromatic carbocycles. The number of amides is 1. The third kappa shape index (κ3) is 3.51. The highest BCUT2D eigenvalue weighted by Gasteiger charge is 2.36. The summed E-state index contributed by atoms with van der Waals surface area (Å²) in [6, 6.07) is 7.82. The molecule has 2 heterocycles. The Morgan fingerprint density at radius 3 is 2.91 bits per heavy atom. The number of nitrogens with zero attached hydrogens (tertiary/aromatic N) is 3. The van der Waals surface area contributed by atoms with Crippen LogP contribution in [0.2, 0.25) is 0 Å². The number of likely N-dealkylation sites (N-methyl/N-ethyl adjacent to an activating group) is 1. The van der Waals surface area contributed by atoms with Crippen molar-refractivity contribution in [3.63, 3.8) is 0 Å². The first-order chi connectivity index (χ1) is 10.6. The van der Waals surface area contributed by atoms with Crippen LogP contribution < -0.4 is 5.32 Å². The minimum absolute atomic E-state index is 0.0996. The Morgan fingerprint density at radius 2 is 2.32 bits per heavy atom. The lowest BCUT2D eigenvalue weighted by molar-refractivity contribution is -0.117. The van der Waals surface area contributed by atoms with Gasteiger partial charge in [0.1, 0.15) is 5.76 Å². The van der Waals surface area contributed by atoms with E-state index in [1.54, 1.807) is 19.2 Å². The summed E-state index contributed by atoms with van der Waals surface area (Å²) < 4.78 is 4.95. The molecular formula is C16H20N4O2. The lowest BCUT2D eigenvalue weighted by atomic mass is 10.1. The minimum Gasteiger partial charge on any atom is -0.360 e. The van der Waals surface area contributed by atoms with Crippen molar-refractivity contribution in [2.75, 3.05) is 18.9 Å². The molecule has 6 heteroatoms. The summed E-state index contributed by atoms with van der Waals surface area (Å²) >= 11 is 0. The molecule has 116 valence electrons. The fourth-order valence-corrected chi connectivity index (χ4v) is 2.72. The largest absolute Gasteiger partial charge is 0.360 e. The lowest BCUT2D eigenvalue weighted by Gasteiger charge is -2.27. The molecule has 0 spiro atoms. The third-order valence-corrected chi connectivity index (χ3v) is 3.82. The molecule has 0 radical (unpaired) electrons. The second-order valence-corrected chi connectivity index (χ2v) is 5.82. The van der Waals surface area contributed by atoms with Crippen LogP contribution in [-0.2, 0) is 4.79 Å². The van der Waals surface area contributed by atoms with Crippen molar-refractivity contribution < 1.29 is 9.32 Å². The van der Waals surface area contributed by atoms with Crippen LogP contribution in [0.1, 0.15) is 30.3 Å². The second kappa shape index (κ2) is 6.27. The molecular weight excluding hydrogens is 280 g/mol. The normalized spacial score (nSPS) is 15.8. The smallest absolute Gasteiger partial charge is 0.239 e. The quantitative estimate of drug-likeness (QED) is 0.887. The van der Waals surface area contributed by atoms with Gasteiger partial charge in [0, 0.05) is 12.3 Å². The Morgan fingerprint density at radius 1 is 1.50 bits per heavy atom. The van der Waals surface area contributed by atoms with E-state index in [1.165, 1.54) is 12.8 Å². The predicted molar refractivity (Wildman–Crippen MR) is 82.2 cm³/mol. The number of carbonyl (C=O) groups is 1. The average Bonchev–Trinajstić information content (AvgIpc) is 3.23. The lowest BCUT2D eigenvalue weighted by Crippen LogP contribution is -2.34. The first-order valence-electron chi connectivity index (χ1n) is 7.48. The van der Waals surface area contributed by atoms with Gasteiger partial charge in [-0.05, 0) is 44.9 Å². The van der Waals surface area contributed by atoms with Gasteiger partial charge in [-0.2, -0.15) is 0 Å². The molecule has 1 aliphatic carbocycles. The molecule has 1 aliphatic rings. The molecule has 1 fully saturated rings. The van der Waals surface area contributed by atoms with Crippen LogP contribution in [0.3, 0.4) is 0 Å². The standard InChI is InChI=1S/C16H20N4O2/c1-11-9-14(19-22-11)18-15(21)10-20(2)16(12-6-7-12)13-5-3-4-8-17-13/h3-5,8-9,12,16H,6-7,10H2,1-2H3,(H,18,19,21). The fourth-order valence-electron chi connectivity index (χ4n) is 2.72. The Hall–Kier alpha value is -2.21. The van der Waals surface area contributed by atoms with Gasteiger partial charge in [0.15, 0.2) is 5.82 Å². The van der Waals surface area contributed by atoms with E-state index in [0.29, 0.717) is 24.0 Å². The third-order valence-electron chi connectivity index (χ3n) is 3.82. The van der Waals surface area contributed by atoms with Gasteiger partial charge in [-0.3, -0.25) is 14.7 Å². The number of rotatable bonds is 6. The zero-order valence-corrected chi connectivity index (χ0v) is 12.8. The van der Waals surface area contributed by atoms with Crippen molar-refractivity contribution in [1.29, 1.82) is 0 Å². The van der Waals surface area contributed by atoms with E-state index in [0.717, 1.165) is 5.69 Å². The molecule has 0 bridgehead atoms. The summed E-state index contributed by atoms with van der Waals surface area (Å²) in [5, 5.41) is 6.53. The van der Waals surface area contributed by atoms with Gasteiger partial charge in [-0.15, -0.1) is 0 Å². The van der Waals surface area contributed by atoms with Crippen LogP contribution >= 0.6 is 0 Å². The van der Waals surface area contributed by atoms with Gasteiger partial charge < -0.3 is 9.84 Å². The van der Waals surface area contributed by atoms with Crippen molar-refractivity contribution in [3.05, 3.63) is 41.9 Å². The van der Waals surface area contributed by atoms with E-state index < -0.39 is 0 Å². The van der Waals surface area contributed by atoms with Gasteiger partial charge in [-0.1, -0.05) is 11.2 Å². The number of hydrogen-bond acceptors (Lipinski definition) is 5. The van der Waals surface area contributed by atoms with Gasteiger partial charge in [0.25, 0.3) is 0 Å². The second-order valence-electron chi connectivity index (χ2n) is 5.82. The van der Waals surface area contributed by atoms with E-state index in [1.807, 2.05) is 25.2 Å². The van der Waals surface area contributed by atoms with Crippen molar-refractivity contribution in [3.8, 4) is 0 Å². The molecule has 3 rings (SSSR count). The molecule has 0 aliphatic heterocycles.